The lowest BCUT2D eigenvalue weighted by Crippen LogP contribution is -2.52. The van der Waals surface area contributed by atoms with Crippen molar-refractivity contribution >= 4 is 17.7 Å². The van der Waals surface area contributed by atoms with Gasteiger partial charge < -0.3 is 16.0 Å². The number of imide groups is 1. The minimum atomic E-state index is -0.565. The maximum atomic E-state index is 12.8. The number of carbonyl (C=O) groups excluding carboxylic acids is 3. The average molecular weight is 370 g/mol. The largest absolute Gasteiger partial charge is 0.327 e. The van der Waals surface area contributed by atoms with Gasteiger partial charge in [-0.1, -0.05) is 12.1 Å². The molecule has 1 aromatic rings. The summed E-state index contributed by atoms with van der Waals surface area (Å²) >= 11 is 0. The van der Waals surface area contributed by atoms with Crippen molar-refractivity contribution in [2.45, 2.75) is 57.8 Å². The topological polar surface area (TPSA) is 105 Å². The first-order valence-electron chi connectivity index (χ1n) is 9.62. The highest BCUT2D eigenvalue weighted by atomic mass is 16.2. The summed E-state index contributed by atoms with van der Waals surface area (Å²) in [4.78, 5) is 37.9. The normalized spacial score (nSPS) is 24.6. The SMILES string of the molecule is CC(N)C1(CNCc2ccc3c(c2)C(=O)N(C2CCC(=O)NC2=O)C3)CC1. The van der Waals surface area contributed by atoms with Gasteiger partial charge in [-0.15, -0.1) is 0 Å². The second-order valence-corrected chi connectivity index (χ2v) is 8.15. The van der Waals surface area contributed by atoms with Crippen molar-refractivity contribution in [1.29, 1.82) is 0 Å². The smallest absolute Gasteiger partial charge is 0.255 e. The molecular formula is C20H26N4O3. The number of nitrogens with one attached hydrogen (secondary N) is 2. The van der Waals surface area contributed by atoms with E-state index in [0.29, 0.717) is 25.1 Å². The van der Waals surface area contributed by atoms with E-state index in [0.717, 1.165) is 17.7 Å². The van der Waals surface area contributed by atoms with Crippen molar-refractivity contribution in [2.24, 2.45) is 11.1 Å². The fraction of sp³-hybridized carbons (Fsp3) is 0.550. The number of benzene rings is 1. The van der Waals surface area contributed by atoms with Crippen LogP contribution in [0.15, 0.2) is 18.2 Å². The molecule has 2 unspecified atom stereocenters. The van der Waals surface area contributed by atoms with Gasteiger partial charge in [-0.3, -0.25) is 19.7 Å². The Bertz CT molecular complexity index is 800. The highest BCUT2D eigenvalue weighted by molar-refractivity contribution is 6.05. The lowest BCUT2D eigenvalue weighted by atomic mass is 9.98. The zero-order valence-electron chi connectivity index (χ0n) is 15.6. The van der Waals surface area contributed by atoms with Crippen LogP contribution in [0.5, 0.6) is 0 Å². The molecule has 3 amide bonds. The number of fused-ring (bicyclic) bond motifs is 1. The van der Waals surface area contributed by atoms with Gasteiger partial charge in [-0.25, -0.2) is 0 Å². The van der Waals surface area contributed by atoms with Crippen molar-refractivity contribution in [3.63, 3.8) is 0 Å². The van der Waals surface area contributed by atoms with E-state index in [4.69, 9.17) is 5.73 Å². The molecule has 4 N–H and O–H groups in total. The molecule has 7 nitrogen and oxygen atoms in total. The Morgan fingerprint density at radius 1 is 1.33 bits per heavy atom. The van der Waals surface area contributed by atoms with Crippen LogP contribution in [0, 0.1) is 5.41 Å². The predicted octanol–water partition coefficient (Wildman–Crippen LogP) is 0.665. The minimum absolute atomic E-state index is 0.129. The molecule has 0 bridgehead atoms. The fourth-order valence-corrected chi connectivity index (χ4v) is 4.12. The maximum Gasteiger partial charge on any atom is 0.255 e. The zero-order chi connectivity index (χ0) is 19.2. The highest BCUT2D eigenvalue weighted by Crippen LogP contribution is 2.47. The second kappa shape index (κ2) is 6.73. The quantitative estimate of drug-likeness (QED) is 0.638. The third-order valence-corrected chi connectivity index (χ3v) is 6.26. The van der Waals surface area contributed by atoms with E-state index >= 15 is 0 Å². The molecule has 27 heavy (non-hydrogen) atoms. The van der Waals surface area contributed by atoms with Crippen molar-refractivity contribution < 1.29 is 14.4 Å². The second-order valence-electron chi connectivity index (χ2n) is 8.15. The monoisotopic (exact) mass is 370 g/mol. The maximum absolute atomic E-state index is 12.8. The number of hydrogen-bond acceptors (Lipinski definition) is 5. The first kappa shape index (κ1) is 18.1. The van der Waals surface area contributed by atoms with Gasteiger partial charge >= 0.3 is 0 Å². The summed E-state index contributed by atoms with van der Waals surface area (Å²) in [7, 11) is 0. The van der Waals surface area contributed by atoms with Gasteiger partial charge in [0.25, 0.3) is 5.91 Å². The number of nitrogens with zero attached hydrogens (tertiary/aromatic N) is 1. The van der Waals surface area contributed by atoms with Crippen LogP contribution >= 0.6 is 0 Å². The van der Waals surface area contributed by atoms with Crippen LogP contribution in [-0.2, 0) is 22.7 Å². The molecule has 0 spiro atoms. The van der Waals surface area contributed by atoms with Crippen LogP contribution in [-0.4, -0.2) is 41.2 Å². The van der Waals surface area contributed by atoms with Gasteiger partial charge in [0.1, 0.15) is 6.04 Å². The summed E-state index contributed by atoms with van der Waals surface area (Å²) in [6, 6.07) is 5.54. The van der Waals surface area contributed by atoms with E-state index in [1.807, 2.05) is 18.2 Å². The van der Waals surface area contributed by atoms with E-state index in [-0.39, 0.29) is 35.6 Å². The molecule has 144 valence electrons. The molecule has 2 atom stereocenters. The van der Waals surface area contributed by atoms with Crippen LogP contribution < -0.4 is 16.4 Å². The van der Waals surface area contributed by atoms with E-state index in [1.54, 1.807) is 4.90 Å². The number of rotatable bonds is 6. The Morgan fingerprint density at radius 3 is 2.78 bits per heavy atom. The van der Waals surface area contributed by atoms with Crippen LogP contribution in [0.3, 0.4) is 0 Å². The molecule has 0 aromatic heterocycles. The summed E-state index contributed by atoms with van der Waals surface area (Å²) in [5.74, 6) is -0.774. The van der Waals surface area contributed by atoms with Crippen LogP contribution in [0.1, 0.15) is 54.1 Å². The van der Waals surface area contributed by atoms with E-state index in [1.165, 1.54) is 12.8 Å². The fourth-order valence-electron chi connectivity index (χ4n) is 4.12. The van der Waals surface area contributed by atoms with Gasteiger partial charge in [0.05, 0.1) is 0 Å². The summed E-state index contributed by atoms with van der Waals surface area (Å²) in [6.45, 7) is 4.06. The Kier molecular flexibility index (Phi) is 4.52. The van der Waals surface area contributed by atoms with Crippen molar-refractivity contribution in [3.05, 3.63) is 34.9 Å². The Hall–Kier alpha value is -2.25. The summed E-state index contributed by atoms with van der Waals surface area (Å²) < 4.78 is 0. The molecule has 7 heteroatoms. The van der Waals surface area contributed by atoms with Crippen LogP contribution in [0.2, 0.25) is 0 Å². The predicted molar refractivity (Wildman–Crippen MR) is 99.5 cm³/mol. The molecule has 1 aromatic carbocycles. The van der Waals surface area contributed by atoms with E-state index in [2.05, 4.69) is 17.6 Å². The average Bonchev–Trinajstić information content (AvgIpc) is 3.35. The zero-order valence-corrected chi connectivity index (χ0v) is 15.6. The first-order chi connectivity index (χ1) is 12.9. The third-order valence-electron chi connectivity index (χ3n) is 6.26. The summed E-state index contributed by atoms with van der Waals surface area (Å²) in [6.07, 6.45) is 2.99. The van der Waals surface area contributed by atoms with Crippen molar-refractivity contribution in [2.75, 3.05) is 6.54 Å². The molecular weight excluding hydrogens is 344 g/mol. The number of nitrogens with two attached hydrogens (primary N) is 1. The van der Waals surface area contributed by atoms with Crippen LogP contribution in [0.4, 0.5) is 0 Å². The molecule has 2 fully saturated rings. The Morgan fingerprint density at radius 2 is 2.11 bits per heavy atom. The van der Waals surface area contributed by atoms with Gasteiger partial charge in [0.15, 0.2) is 0 Å². The number of hydrogen-bond donors (Lipinski definition) is 3. The molecule has 1 saturated carbocycles. The lowest BCUT2D eigenvalue weighted by Gasteiger charge is -2.29. The van der Waals surface area contributed by atoms with Crippen LogP contribution in [0.25, 0.3) is 0 Å². The molecule has 1 aliphatic carbocycles. The lowest BCUT2D eigenvalue weighted by molar-refractivity contribution is -0.136. The number of piperidine rings is 1. The standard InChI is InChI=1S/C20H26N4O3/c1-12(21)20(6-7-20)11-22-9-13-2-3-14-10-24(19(27)15(14)8-13)16-4-5-17(25)23-18(16)26/h2-3,8,12,16,22H,4-7,9-11,21H2,1H3,(H,23,25,26). The highest BCUT2D eigenvalue weighted by Gasteiger charge is 2.45. The molecule has 2 heterocycles. The van der Waals surface area contributed by atoms with Gasteiger partial charge in [-0.2, -0.15) is 0 Å². The molecule has 1 saturated heterocycles. The van der Waals surface area contributed by atoms with Gasteiger partial charge in [-0.05, 0) is 48.8 Å². The molecule has 0 radical (unpaired) electrons. The van der Waals surface area contributed by atoms with Gasteiger partial charge in [0, 0.05) is 37.7 Å². The molecule has 4 rings (SSSR count). The first-order valence-corrected chi connectivity index (χ1v) is 9.62. The van der Waals surface area contributed by atoms with Crippen molar-refractivity contribution in [3.8, 4) is 0 Å². The number of amides is 3. The van der Waals surface area contributed by atoms with E-state index in [9.17, 15) is 14.4 Å². The molecule has 3 aliphatic rings. The summed E-state index contributed by atoms with van der Waals surface area (Å²) in [5, 5.41) is 5.80. The Labute approximate surface area is 158 Å². The van der Waals surface area contributed by atoms with Gasteiger partial charge in [0.2, 0.25) is 11.8 Å². The van der Waals surface area contributed by atoms with E-state index < -0.39 is 6.04 Å². The molecule has 2 aliphatic heterocycles. The minimum Gasteiger partial charge on any atom is -0.327 e. The van der Waals surface area contributed by atoms with Crippen molar-refractivity contribution in [1.82, 2.24) is 15.5 Å². The summed E-state index contributed by atoms with van der Waals surface area (Å²) in [5.41, 5.74) is 8.94. The number of carbonyl (C=O) groups is 3. The Balaban J connectivity index is 1.41. The third kappa shape index (κ3) is 3.37.